The van der Waals surface area contributed by atoms with Crippen molar-refractivity contribution in [3.05, 3.63) is 16.6 Å². The molecule has 0 spiro atoms. The van der Waals surface area contributed by atoms with Gasteiger partial charge in [-0.25, -0.2) is 4.98 Å². The highest BCUT2D eigenvalue weighted by molar-refractivity contribution is 7.09. The number of nitrogens with zero attached hydrogens (tertiary/aromatic N) is 1. The topological polar surface area (TPSA) is 24.9 Å². The minimum atomic E-state index is 0.362. The van der Waals surface area contributed by atoms with E-state index in [-0.39, 0.29) is 0 Å². The van der Waals surface area contributed by atoms with Crippen LogP contribution in [0.1, 0.15) is 25.3 Å². The number of hydrogen-bond acceptors (Lipinski definition) is 3. The fourth-order valence-corrected chi connectivity index (χ4v) is 2.18. The second-order valence-corrected chi connectivity index (χ2v) is 5.10. The Morgan fingerprint density at radius 2 is 2.31 bits per heavy atom. The Balaban J connectivity index is 2.42. The van der Waals surface area contributed by atoms with Gasteiger partial charge in [0.15, 0.2) is 0 Å². The Kier molecular flexibility index (Phi) is 3.88. The van der Waals surface area contributed by atoms with E-state index in [0.717, 1.165) is 13.0 Å². The van der Waals surface area contributed by atoms with E-state index in [0.29, 0.717) is 5.41 Å². The van der Waals surface area contributed by atoms with Crippen molar-refractivity contribution in [3.63, 3.8) is 0 Å². The van der Waals surface area contributed by atoms with Crippen molar-refractivity contribution in [1.29, 1.82) is 0 Å². The van der Waals surface area contributed by atoms with Crippen LogP contribution in [0.5, 0.6) is 0 Å². The largest absolute Gasteiger partial charge is 0.320 e. The first-order chi connectivity index (χ1) is 6.14. The third-order valence-corrected chi connectivity index (χ3v) is 2.94. The third-order valence-electron chi connectivity index (χ3n) is 2.17. The molecule has 0 atom stereocenters. The number of thiazole rings is 1. The molecular formula is C10H18N2S. The first-order valence-electron chi connectivity index (χ1n) is 4.67. The number of rotatable bonds is 5. The summed E-state index contributed by atoms with van der Waals surface area (Å²) in [4.78, 5) is 4.31. The van der Waals surface area contributed by atoms with Gasteiger partial charge in [-0.1, -0.05) is 13.8 Å². The van der Waals surface area contributed by atoms with Gasteiger partial charge in [-0.05, 0) is 25.4 Å². The van der Waals surface area contributed by atoms with Gasteiger partial charge in [0.1, 0.15) is 0 Å². The molecule has 1 aromatic rings. The lowest BCUT2D eigenvalue weighted by molar-refractivity contribution is 0.329. The van der Waals surface area contributed by atoms with Gasteiger partial charge >= 0.3 is 0 Å². The number of aromatic nitrogens is 1. The maximum atomic E-state index is 4.31. The zero-order valence-electron chi connectivity index (χ0n) is 8.63. The standard InChI is InChI=1S/C10H18N2S/c1-10(2,4-5-11-3)8-9-12-6-7-13-9/h6-7,11H,4-5,8H2,1-3H3. The van der Waals surface area contributed by atoms with Gasteiger partial charge < -0.3 is 5.32 Å². The van der Waals surface area contributed by atoms with Crippen LogP contribution in [0.2, 0.25) is 0 Å². The number of nitrogens with one attached hydrogen (secondary N) is 1. The predicted octanol–water partition coefficient (Wildman–Crippen LogP) is 2.32. The van der Waals surface area contributed by atoms with Crippen LogP contribution in [0, 0.1) is 5.41 Å². The Hall–Kier alpha value is -0.410. The van der Waals surface area contributed by atoms with Crippen LogP contribution >= 0.6 is 11.3 Å². The van der Waals surface area contributed by atoms with E-state index >= 15 is 0 Å². The first kappa shape index (κ1) is 10.7. The van der Waals surface area contributed by atoms with Crippen molar-refractivity contribution in [1.82, 2.24) is 10.3 Å². The molecule has 0 amide bonds. The quantitative estimate of drug-likeness (QED) is 0.785. The van der Waals surface area contributed by atoms with E-state index < -0.39 is 0 Å². The van der Waals surface area contributed by atoms with E-state index in [9.17, 15) is 0 Å². The van der Waals surface area contributed by atoms with Crippen LogP contribution in [0.25, 0.3) is 0 Å². The maximum absolute atomic E-state index is 4.31. The normalized spacial score (nSPS) is 11.9. The molecule has 0 aliphatic rings. The maximum Gasteiger partial charge on any atom is 0.0930 e. The van der Waals surface area contributed by atoms with E-state index in [1.807, 2.05) is 18.6 Å². The van der Waals surface area contributed by atoms with Gasteiger partial charge in [0, 0.05) is 18.0 Å². The molecule has 0 unspecified atom stereocenters. The van der Waals surface area contributed by atoms with Gasteiger partial charge in [0.25, 0.3) is 0 Å². The highest BCUT2D eigenvalue weighted by atomic mass is 32.1. The van der Waals surface area contributed by atoms with E-state index in [1.54, 1.807) is 11.3 Å². The first-order valence-corrected chi connectivity index (χ1v) is 5.55. The average Bonchev–Trinajstić information content (AvgIpc) is 2.52. The lowest BCUT2D eigenvalue weighted by Gasteiger charge is -2.22. The van der Waals surface area contributed by atoms with Crippen LogP contribution in [-0.4, -0.2) is 18.6 Å². The van der Waals surface area contributed by atoms with Crippen molar-refractivity contribution in [2.24, 2.45) is 5.41 Å². The molecule has 0 radical (unpaired) electrons. The summed E-state index contributed by atoms with van der Waals surface area (Å²) in [5.74, 6) is 0. The zero-order valence-corrected chi connectivity index (χ0v) is 9.45. The molecule has 1 rings (SSSR count). The van der Waals surface area contributed by atoms with Crippen molar-refractivity contribution < 1.29 is 0 Å². The van der Waals surface area contributed by atoms with Crippen LogP contribution < -0.4 is 5.32 Å². The number of hydrogen-bond donors (Lipinski definition) is 1. The minimum absolute atomic E-state index is 0.362. The summed E-state index contributed by atoms with van der Waals surface area (Å²) in [6.45, 7) is 5.68. The van der Waals surface area contributed by atoms with Crippen LogP contribution in [-0.2, 0) is 6.42 Å². The van der Waals surface area contributed by atoms with Gasteiger partial charge in [-0.2, -0.15) is 0 Å². The lowest BCUT2D eigenvalue weighted by atomic mass is 9.86. The third kappa shape index (κ3) is 3.87. The summed E-state index contributed by atoms with van der Waals surface area (Å²) in [7, 11) is 2.00. The summed E-state index contributed by atoms with van der Waals surface area (Å²) in [5.41, 5.74) is 0.362. The van der Waals surface area contributed by atoms with Gasteiger partial charge in [-0.15, -0.1) is 11.3 Å². The van der Waals surface area contributed by atoms with E-state index in [4.69, 9.17) is 0 Å². The fraction of sp³-hybridized carbons (Fsp3) is 0.700. The molecule has 74 valence electrons. The average molecular weight is 198 g/mol. The molecule has 2 nitrogen and oxygen atoms in total. The van der Waals surface area contributed by atoms with Crippen molar-refractivity contribution in [3.8, 4) is 0 Å². The zero-order chi connectivity index (χ0) is 9.73. The van der Waals surface area contributed by atoms with Crippen LogP contribution in [0.4, 0.5) is 0 Å². The van der Waals surface area contributed by atoms with Gasteiger partial charge in [0.05, 0.1) is 5.01 Å². The Labute approximate surface area is 84.4 Å². The summed E-state index contributed by atoms with van der Waals surface area (Å²) in [6, 6.07) is 0. The molecule has 1 heterocycles. The molecular weight excluding hydrogens is 180 g/mol. The molecule has 0 saturated carbocycles. The smallest absolute Gasteiger partial charge is 0.0930 e. The van der Waals surface area contributed by atoms with E-state index in [1.165, 1.54) is 11.4 Å². The molecule has 0 aliphatic carbocycles. The molecule has 0 bridgehead atoms. The molecule has 0 saturated heterocycles. The SMILES string of the molecule is CNCCC(C)(C)Cc1nccs1. The molecule has 0 fully saturated rings. The Morgan fingerprint density at radius 1 is 1.54 bits per heavy atom. The monoisotopic (exact) mass is 198 g/mol. The molecule has 0 aliphatic heterocycles. The predicted molar refractivity (Wildman–Crippen MR) is 58.1 cm³/mol. The highest BCUT2D eigenvalue weighted by Gasteiger charge is 2.18. The second-order valence-electron chi connectivity index (χ2n) is 4.12. The van der Waals surface area contributed by atoms with Crippen molar-refractivity contribution >= 4 is 11.3 Å². The lowest BCUT2D eigenvalue weighted by Crippen LogP contribution is -2.21. The van der Waals surface area contributed by atoms with Crippen molar-refractivity contribution in [2.75, 3.05) is 13.6 Å². The molecule has 1 N–H and O–H groups in total. The van der Waals surface area contributed by atoms with Crippen molar-refractivity contribution in [2.45, 2.75) is 26.7 Å². The van der Waals surface area contributed by atoms with Crippen LogP contribution in [0.15, 0.2) is 11.6 Å². The Morgan fingerprint density at radius 3 is 2.85 bits per heavy atom. The second kappa shape index (κ2) is 4.72. The summed E-state index contributed by atoms with van der Waals surface area (Å²) < 4.78 is 0. The highest BCUT2D eigenvalue weighted by Crippen LogP contribution is 2.26. The van der Waals surface area contributed by atoms with Gasteiger partial charge in [0.2, 0.25) is 0 Å². The molecule has 13 heavy (non-hydrogen) atoms. The summed E-state index contributed by atoms with van der Waals surface area (Å²) in [5, 5.41) is 6.48. The minimum Gasteiger partial charge on any atom is -0.320 e. The fourth-order valence-electron chi connectivity index (χ4n) is 1.30. The summed E-state index contributed by atoms with van der Waals surface area (Å²) >= 11 is 1.75. The van der Waals surface area contributed by atoms with E-state index in [2.05, 4.69) is 24.1 Å². The Bertz CT molecular complexity index is 229. The molecule has 0 aromatic carbocycles. The molecule has 1 aromatic heterocycles. The van der Waals surface area contributed by atoms with Crippen LogP contribution in [0.3, 0.4) is 0 Å². The summed E-state index contributed by atoms with van der Waals surface area (Å²) in [6.07, 6.45) is 4.17. The van der Waals surface area contributed by atoms with Gasteiger partial charge in [-0.3, -0.25) is 0 Å². The molecule has 3 heteroatoms.